The van der Waals surface area contributed by atoms with Crippen molar-refractivity contribution < 1.29 is 45.9 Å². The first kappa shape index (κ1) is 27.7. The first-order valence-corrected chi connectivity index (χ1v) is 10.3. The number of unbranched alkanes of at least 4 members (excludes halogenated alkanes) is 1. The van der Waals surface area contributed by atoms with Crippen LogP contribution in [0, 0.1) is 10.1 Å². The van der Waals surface area contributed by atoms with Gasteiger partial charge in [0.1, 0.15) is 0 Å². The van der Waals surface area contributed by atoms with Crippen LogP contribution in [-0.4, -0.2) is 42.7 Å². The lowest BCUT2D eigenvalue weighted by Gasteiger charge is -2.30. The number of halogens is 5. The van der Waals surface area contributed by atoms with Crippen LogP contribution < -0.4 is 5.32 Å². The number of ether oxygens (including phenoxy) is 2. The molecule has 13 heteroatoms. The van der Waals surface area contributed by atoms with Gasteiger partial charge in [-0.05, 0) is 32.3 Å². The van der Waals surface area contributed by atoms with Gasteiger partial charge >= 0.3 is 24.0 Å². The van der Waals surface area contributed by atoms with Gasteiger partial charge in [0, 0.05) is 29.9 Å². The largest absolute Gasteiger partial charge is 0.466 e. The van der Waals surface area contributed by atoms with Gasteiger partial charge in [0.15, 0.2) is 0 Å². The number of esters is 2. The SMILES string of the molecule is COC(=O)C1=C(C)NC(C)=C(C(=O)OCCCCC(F)(F)C(F)(F)F)C1c1cccc([N+](=O)[O-])c1. The summed E-state index contributed by atoms with van der Waals surface area (Å²) in [6.45, 7) is 2.59. The molecule has 1 heterocycles. The predicted molar refractivity (Wildman–Crippen MR) is 112 cm³/mol. The average molecular weight is 506 g/mol. The van der Waals surface area contributed by atoms with Crippen LogP contribution in [0.3, 0.4) is 0 Å². The molecule has 1 aromatic rings. The summed E-state index contributed by atoms with van der Waals surface area (Å²) < 4.78 is 72.8. The van der Waals surface area contributed by atoms with Gasteiger partial charge in [-0.2, -0.15) is 22.0 Å². The predicted octanol–water partition coefficient (Wildman–Crippen LogP) is 4.91. The zero-order valence-corrected chi connectivity index (χ0v) is 19.0. The third kappa shape index (κ3) is 6.34. The zero-order chi connectivity index (χ0) is 26.6. The van der Waals surface area contributed by atoms with Crippen molar-refractivity contribution in [2.45, 2.75) is 51.1 Å². The Hall–Kier alpha value is -3.51. The Bertz CT molecular complexity index is 1060. The maximum atomic E-state index is 13.0. The Morgan fingerprint density at radius 2 is 1.66 bits per heavy atom. The summed E-state index contributed by atoms with van der Waals surface area (Å²) in [5, 5.41) is 14.1. The lowest BCUT2D eigenvalue weighted by atomic mass is 9.80. The summed E-state index contributed by atoms with van der Waals surface area (Å²) in [5.74, 6) is -7.75. The number of rotatable bonds is 9. The highest BCUT2D eigenvalue weighted by Crippen LogP contribution is 2.41. The molecular weight excluding hydrogens is 483 g/mol. The van der Waals surface area contributed by atoms with E-state index in [1.54, 1.807) is 6.92 Å². The number of nitrogens with zero attached hydrogens (tertiary/aromatic N) is 1. The number of nitro benzene ring substituents is 1. The number of alkyl halides is 5. The third-order valence-electron chi connectivity index (χ3n) is 5.33. The Morgan fingerprint density at radius 1 is 1.06 bits per heavy atom. The number of carbonyl (C=O) groups excluding carboxylic acids is 2. The van der Waals surface area contributed by atoms with Crippen LogP contribution in [0.15, 0.2) is 46.8 Å². The number of dihydropyridines is 1. The van der Waals surface area contributed by atoms with Crippen LogP contribution in [0.5, 0.6) is 0 Å². The fourth-order valence-electron chi connectivity index (χ4n) is 3.63. The van der Waals surface area contributed by atoms with E-state index >= 15 is 0 Å². The molecule has 0 bridgehead atoms. The smallest absolute Gasteiger partial charge is 0.453 e. The molecule has 2 rings (SSSR count). The molecule has 35 heavy (non-hydrogen) atoms. The van der Waals surface area contributed by atoms with Crippen LogP contribution in [0.25, 0.3) is 0 Å². The third-order valence-corrected chi connectivity index (χ3v) is 5.33. The molecule has 1 atom stereocenters. The van der Waals surface area contributed by atoms with Crippen LogP contribution in [0.1, 0.15) is 44.6 Å². The fourth-order valence-corrected chi connectivity index (χ4v) is 3.63. The molecule has 1 unspecified atom stereocenters. The molecule has 1 aliphatic heterocycles. The van der Waals surface area contributed by atoms with Gasteiger partial charge in [-0.15, -0.1) is 0 Å². The molecule has 1 aliphatic rings. The quantitative estimate of drug-likeness (QED) is 0.167. The van der Waals surface area contributed by atoms with Gasteiger partial charge in [-0.3, -0.25) is 10.1 Å². The van der Waals surface area contributed by atoms with Crippen molar-refractivity contribution in [2.75, 3.05) is 13.7 Å². The monoisotopic (exact) mass is 506 g/mol. The topological polar surface area (TPSA) is 108 Å². The maximum absolute atomic E-state index is 13.0. The van der Waals surface area contributed by atoms with Crippen molar-refractivity contribution in [1.82, 2.24) is 5.32 Å². The second-order valence-corrected chi connectivity index (χ2v) is 7.77. The minimum absolute atomic E-state index is 0.00429. The number of nitrogens with one attached hydrogen (secondary N) is 1. The van der Waals surface area contributed by atoms with Gasteiger partial charge in [0.25, 0.3) is 5.69 Å². The van der Waals surface area contributed by atoms with Crippen LogP contribution in [0.2, 0.25) is 0 Å². The second kappa shape index (κ2) is 10.8. The number of nitro groups is 1. The van der Waals surface area contributed by atoms with Gasteiger partial charge in [-0.25, -0.2) is 9.59 Å². The number of hydrogen-bond acceptors (Lipinski definition) is 7. The molecule has 0 aliphatic carbocycles. The first-order valence-electron chi connectivity index (χ1n) is 10.3. The summed E-state index contributed by atoms with van der Waals surface area (Å²) in [6, 6.07) is 5.26. The molecule has 0 spiro atoms. The van der Waals surface area contributed by atoms with Crippen molar-refractivity contribution in [1.29, 1.82) is 0 Å². The van der Waals surface area contributed by atoms with Crippen molar-refractivity contribution in [3.05, 3.63) is 62.5 Å². The Kier molecular flexibility index (Phi) is 8.58. The standard InChI is InChI=1S/C22H23F5N2O6/c1-12-16(19(30)34-3)18(14-7-6-8-15(11-14)29(32)33)17(13(2)28-12)20(31)35-10-5-4-9-21(23,24)22(25,26)27/h6-8,11,18,28H,4-5,9-10H2,1-3H3. The molecule has 0 saturated carbocycles. The lowest BCUT2D eigenvalue weighted by Crippen LogP contribution is -2.36. The van der Waals surface area contributed by atoms with Gasteiger partial charge in [-0.1, -0.05) is 12.1 Å². The summed E-state index contributed by atoms with van der Waals surface area (Å²) >= 11 is 0. The van der Waals surface area contributed by atoms with E-state index in [2.05, 4.69) is 5.32 Å². The van der Waals surface area contributed by atoms with E-state index in [1.165, 1.54) is 31.2 Å². The first-order chi connectivity index (χ1) is 16.2. The van der Waals surface area contributed by atoms with E-state index in [-0.39, 0.29) is 34.5 Å². The molecule has 0 amide bonds. The molecule has 0 saturated heterocycles. The van der Waals surface area contributed by atoms with Gasteiger partial charge < -0.3 is 14.8 Å². The number of carbonyl (C=O) groups is 2. The number of hydrogen-bond donors (Lipinski definition) is 1. The summed E-state index contributed by atoms with van der Waals surface area (Å²) in [5.41, 5.74) is 0.431. The highest BCUT2D eigenvalue weighted by atomic mass is 19.4. The number of benzene rings is 1. The molecule has 8 nitrogen and oxygen atoms in total. The molecule has 0 radical (unpaired) electrons. The van der Waals surface area contributed by atoms with Gasteiger partial charge in [0.2, 0.25) is 0 Å². The minimum Gasteiger partial charge on any atom is -0.466 e. The minimum atomic E-state index is -5.67. The summed E-state index contributed by atoms with van der Waals surface area (Å²) in [6.07, 6.45) is -7.95. The maximum Gasteiger partial charge on any atom is 0.453 e. The number of non-ortho nitro benzene ring substituents is 1. The fraction of sp³-hybridized carbons (Fsp3) is 0.455. The summed E-state index contributed by atoms with van der Waals surface area (Å²) in [4.78, 5) is 36.1. The van der Waals surface area contributed by atoms with E-state index in [1.807, 2.05) is 0 Å². The molecule has 0 aromatic heterocycles. The molecule has 1 N–H and O–H groups in total. The van der Waals surface area contributed by atoms with Crippen molar-refractivity contribution in [3.8, 4) is 0 Å². The average Bonchev–Trinajstić information content (AvgIpc) is 2.76. The van der Waals surface area contributed by atoms with Crippen molar-refractivity contribution in [2.24, 2.45) is 0 Å². The second-order valence-electron chi connectivity index (χ2n) is 7.77. The Labute approximate surface area is 196 Å². The molecule has 1 aromatic carbocycles. The lowest BCUT2D eigenvalue weighted by molar-refractivity contribution is -0.384. The van der Waals surface area contributed by atoms with E-state index < -0.39 is 54.3 Å². The highest BCUT2D eigenvalue weighted by molar-refractivity contribution is 5.99. The molecular formula is C22H23F5N2O6. The summed E-state index contributed by atoms with van der Waals surface area (Å²) in [7, 11) is 1.12. The van der Waals surface area contributed by atoms with Crippen LogP contribution in [0.4, 0.5) is 27.6 Å². The van der Waals surface area contributed by atoms with E-state index in [4.69, 9.17) is 9.47 Å². The Balaban J connectivity index is 2.28. The van der Waals surface area contributed by atoms with E-state index in [9.17, 15) is 41.7 Å². The van der Waals surface area contributed by atoms with Gasteiger partial charge in [0.05, 0.1) is 35.7 Å². The zero-order valence-electron chi connectivity index (χ0n) is 19.0. The van der Waals surface area contributed by atoms with E-state index in [0.29, 0.717) is 5.70 Å². The van der Waals surface area contributed by atoms with Crippen molar-refractivity contribution >= 4 is 17.6 Å². The molecule has 0 fully saturated rings. The Morgan fingerprint density at radius 3 is 2.20 bits per heavy atom. The van der Waals surface area contributed by atoms with Crippen LogP contribution >= 0.6 is 0 Å². The number of allylic oxidation sites excluding steroid dienone is 2. The van der Waals surface area contributed by atoms with E-state index in [0.717, 1.165) is 7.11 Å². The number of methoxy groups -OCH3 is 1. The van der Waals surface area contributed by atoms with Crippen molar-refractivity contribution in [3.63, 3.8) is 0 Å². The van der Waals surface area contributed by atoms with Crippen LogP contribution in [-0.2, 0) is 19.1 Å². The highest BCUT2D eigenvalue weighted by Gasteiger charge is 2.56. The molecule has 192 valence electrons. The normalized spacial score (nSPS) is 16.6.